The van der Waals surface area contributed by atoms with Gasteiger partial charge in [0.2, 0.25) is 0 Å². The average molecular weight is 440 g/mol. The highest BCUT2D eigenvalue weighted by molar-refractivity contribution is 5.75. The van der Waals surface area contributed by atoms with Crippen LogP contribution in [-0.4, -0.2) is 53.5 Å². The third-order valence-electron chi connectivity index (χ3n) is 6.40. The lowest BCUT2D eigenvalue weighted by atomic mass is 10.0. The summed E-state index contributed by atoms with van der Waals surface area (Å²) in [5.74, 6) is 1.05. The van der Waals surface area contributed by atoms with Crippen molar-refractivity contribution in [3.63, 3.8) is 0 Å². The number of nitrogens with zero attached hydrogens (tertiary/aromatic N) is 3. The molecule has 0 aromatic heterocycles. The lowest BCUT2D eigenvalue weighted by molar-refractivity contribution is 0.101. The molecule has 0 radical (unpaired) electrons. The lowest BCUT2D eigenvalue weighted by Gasteiger charge is -2.38. The van der Waals surface area contributed by atoms with Crippen molar-refractivity contribution in [3.05, 3.63) is 65.0 Å². The molecule has 0 atom stereocenters. The molecule has 0 bridgehead atoms. The number of halogens is 1. The Balaban J connectivity index is 1.55. The maximum Gasteiger partial charge on any atom is 0.321 e. The number of fused-ring (bicyclic) bond motifs is 1. The maximum atomic E-state index is 14.0. The van der Waals surface area contributed by atoms with E-state index in [-0.39, 0.29) is 17.9 Å². The molecule has 0 aliphatic carbocycles. The number of piperidine rings is 1. The molecule has 2 amide bonds. The van der Waals surface area contributed by atoms with E-state index in [4.69, 9.17) is 4.74 Å². The molecular weight excluding hydrogens is 405 g/mol. The van der Waals surface area contributed by atoms with E-state index < -0.39 is 0 Å². The van der Waals surface area contributed by atoms with Crippen molar-refractivity contribution in [2.24, 2.45) is 5.92 Å². The summed E-state index contributed by atoms with van der Waals surface area (Å²) in [5, 5.41) is 0. The zero-order chi connectivity index (χ0) is 22.7. The molecule has 0 spiro atoms. The number of urea groups is 1. The summed E-state index contributed by atoms with van der Waals surface area (Å²) < 4.78 is 19.8. The standard InChI is InChI=1S/C26H34FN3O2/c1-19(2)18-32-25-8-4-20(5-9-25)15-29-16-22-14-23(27)7-6-21(22)17-30(26(29)31)24-10-12-28(3)13-11-24/h4-9,14,19,24H,10-13,15-18H2,1-3H3. The first-order chi connectivity index (χ1) is 15.4. The number of carbonyl (C=O) groups is 1. The minimum absolute atomic E-state index is 0.0382. The van der Waals surface area contributed by atoms with Gasteiger partial charge in [-0.05, 0) is 79.9 Å². The SMILES string of the molecule is CC(C)COc1ccc(CN2Cc3cc(F)ccc3CN(C3CCN(C)CC3)C2=O)cc1. The van der Waals surface area contributed by atoms with Crippen molar-refractivity contribution in [3.8, 4) is 5.75 Å². The van der Waals surface area contributed by atoms with E-state index in [1.165, 1.54) is 6.07 Å². The smallest absolute Gasteiger partial charge is 0.321 e. The Morgan fingerprint density at radius 2 is 1.75 bits per heavy atom. The Kier molecular flexibility index (Phi) is 6.99. The van der Waals surface area contributed by atoms with Gasteiger partial charge in [0.05, 0.1) is 6.61 Å². The summed E-state index contributed by atoms with van der Waals surface area (Å²) >= 11 is 0. The van der Waals surface area contributed by atoms with Gasteiger partial charge in [-0.3, -0.25) is 0 Å². The van der Waals surface area contributed by atoms with Crippen LogP contribution in [0.4, 0.5) is 9.18 Å². The number of ether oxygens (including phenoxy) is 1. The van der Waals surface area contributed by atoms with Crippen LogP contribution in [0, 0.1) is 11.7 Å². The molecule has 0 unspecified atom stereocenters. The second-order valence-electron chi connectivity index (χ2n) is 9.56. The maximum absolute atomic E-state index is 14.0. The van der Waals surface area contributed by atoms with Gasteiger partial charge in [0, 0.05) is 25.7 Å². The van der Waals surface area contributed by atoms with Crippen molar-refractivity contribution < 1.29 is 13.9 Å². The van der Waals surface area contributed by atoms with Gasteiger partial charge < -0.3 is 19.4 Å². The normalized spacial score (nSPS) is 18.1. The Bertz CT molecular complexity index is 923. The molecule has 0 N–H and O–H groups in total. The monoisotopic (exact) mass is 439 g/mol. The van der Waals surface area contributed by atoms with Gasteiger partial charge in [-0.1, -0.05) is 32.0 Å². The Morgan fingerprint density at radius 3 is 2.44 bits per heavy atom. The van der Waals surface area contributed by atoms with Crippen LogP contribution >= 0.6 is 0 Å². The third kappa shape index (κ3) is 5.41. The number of benzene rings is 2. The fraction of sp³-hybridized carbons (Fsp3) is 0.500. The van der Waals surface area contributed by atoms with Gasteiger partial charge in [-0.2, -0.15) is 0 Å². The summed E-state index contributed by atoms with van der Waals surface area (Å²) in [4.78, 5) is 19.8. The van der Waals surface area contributed by atoms with Crippen molar-refractivity contribution in [2.45, 2.75) is 52.4 Å². The van der Waals surface area contributed by atoms with E-state index in [2.05, 4.69) is 25.8 Å². The second kappa shape index (κ2) is 9.90. The summed E-state index contributed by atoms with van der Waals surface area (Å²) in [6.45, 7) is 8.35. The van der Waals surface area contributed by atoms with Gasteiger partial charge in [-0.15, -0.1) is 0 Å². The second-order valence-corrected chi connectivity index (χ2v) is 9.56. The lowest BCUT2D eigenvalue weighted by Crippen LogP contribution is -2.49. The molecule has 2 aliphatic heterocycles. The van der Waals surface area contributed by atoms with Crippen LogP contribution in [0.1, 0.15) is 43.4 Å². The number of carbonyl (C=O) groups excluding carboxylic acids is 1. The number of rotatable bonds is 6. The zero-order valence-corrected chi connectivity index (χ0v) is 19.4. The third-order valence-corrected chi connectivity index (χ3v) is 6.40. The van der Waals surface area contributed by atoms with E-state index in [9.17, 15) is 9.18 Å². The molecule has 2 heterocycles. The number of likely N-dealkylation sites (tertiary alicyclic amines) is 1. The zero-order valence-electron chi connectivity index (χ0n) is 19.4. The van der Waals surface area contributed by atoms with Crippen molar-refractivity contribution in [2.75, 3.05) is 26.7 Å². The van der Waals surface area contributed by atoms with Crippen LogP contribution in [0.3, 0.4) is 0 Å². The van der Waals surface area contributed by atoms with E-state index in [1.54, 1.807) is 6.07 Å². The molecular formula is C26H34FN3O2. The molecule has 2 aromatic rings. The number of hydrogen-bond acceptors (Lipinski definition) is 3. The fourth-order valence-corrected chi connectivity index (χ4v) is 4.49. The summed E-state index contributed by atoms with van der Waals surface area (Å²) in [5.41, 5.74) is 2.97. The number of amides is 2. The first-order valence-corrected chi connectivity index (χ1v) is 11.6. The molecule has 4 rings (SSSR count). The highest BCUT2D eigenvalue weighted by atomic mass is 19.1. The predicted octanol–water partition coefficient (Wildman–Crippen LogP) is 4.89. The van der Waals surface area contributed by atoms with E-state index >= 15 is 0 Å². The Labute approximate surface area is 190 Å². The molecule has 1 saturated heterocycles. The average Bonchev–Trinajstić information content (AvgIpc) is 2.90. The van der Waals surface area contributed by atoms with Crippen LogP contribution in [0.15, 0.2) is 42.5 Å². The van der Waals surface area contributed by atoms with E-state index in [0.29, 0.717) is 32.2 Å². The predicted molar refractivity (Wildman–Crippen MR) is 124 cm³/mol. The molecule has 32 heavy (non-hydrogen) atoms. The number of hydrogen-bond donors (Lipinski definition) is 0. The van der Waals surface area contributed by atoms with Gasteiger partial charge >= 0.3 is 6.03 Å². The Hall–Kier alpha value is -2.60. The highest BCUT2D eigenvalue weighted by Crippen LogP contribution is 2.28. The van der Waals surface area contributed by atoms with E-state index in [1.807, 2.05) is 40.1 Å². The molecule has 6 heteroatoms. The largest absolute Gasteiger partial charge is 0.493 e. The summed E-state index contributed by atoms with van der Waals surface area (Å²) in [6.07, 6.45) is 1.93. The van der Waals surface area contributed by atoms with Crippen molar-refractivity contribution in [1.29, 1.82) is 0 Å². The minimum Gasteiger partial charge on any atom is -0.493 e. The van der Waals surface area contributed by atoms with Crippen molar-refractivity contribution >= 4 is 6.03 Å². The van der Waals surface area contributed by atoms with Gasteiger partial charge in [0.1, 0.15) is 11.6 Å². The van der Waals surface area contributed by atoms with Gasteiger partial charge in [0.15, 0.2) is 0 Å². The topological polar surface area (TPSA) is 36.0 Å². The molecule has 1 fully saturated rings. The van der Waals surface area contributed by atoms with Gasteiger partial charge in [0.25, 0.3) is 0 Å². The quantitative estimate of drug-likeness (QED) is 0.643. The fourth-order valence-electron chi connectivity index (χ4n) is 4.49. The molecule has 2 aliphatic rings. The van der Waals surface area contributed by atoms with E-state index in [0.717, 1.165) is 48.4 Å². The summed E-state index contributed by atoms with van der Waals surface area (Å²) in [6, 6.07) is 13.1. The first-order valence-electron chi connectivity index (χ1n) is 11.6. The minimum atomic E-state index is -0.254. The Morgan fingerprint density at radius 1 is 1.03 bits per heavy atom. The first kappa shape index (κ1) is 22.6. The van der Waals surface area contributed by atoms with Crippen LogP contribution in [0.2, 0.25) is 0 Å². The molecule has 172 valence electrons. The van der Waals surface area contributed by atoms with Crippen LogP contribution < -0.4 is 4.74 Å². The molecule has 2 aromatic carbocycles. The van der Waals surface area contributed by atoms with Crippen LogP contribution in [0.5, 0.6) is 5.75 Å². The van der Waals surface area contributed by atoms with Crippen molar-refractivity contribution in [1.82, 2.24) is 14.7 Å². The van der Waals surface area contributed by atoms with Crippen LogP contribution in [-0.2, 0) is 19.6 Å². The molecule has 5 nitrogen and oxygen atoms in total. The van der Waals surface area contributed by atoms with Gasteiger partial charge in [-0.25, -0.2) is 9.18 Å². The highest BCUT2D eigenvalue weighted by Gasteiger charge is 2.33. The van der Waals surface area contributed by atoms with Crippen LogP contribution in [0.25, 0.3) is 0 Å². The molecule has 0 saturated carbocycles. The summed E-state index contributed by atoms with van der Waals surface area (Å²) in [7, 11) is 2.12.